The molecule has 1 aromatic carbocycles. The Morgan fingerprint density at radius 2 is 1.88 bits per heavy atom. The van der Waals surface area contributed by atoms with E-state index in [9.17, 15) is 4.79 Å². The van der Waals surface area contributed by atoms with E-state index >= 15 is 0 Å². The van der Waals surface area contributed by atoms with Gasteiger partial charge in [-0.25, -0.2) is 4.98 Å². The molecule has 0 radical (unpaired) electrons. The van der Waals surface area contributed by atoms with E-state index in [0.29, 0.717) is 11.3 Å². The van der Waals surface area contributed by atoms with Crippen LogP contribution in [0.5, 0.6) is 0 Å². The maximum Gasteiger partial charge on any atom is 0.262 e. The Morgan fingerprint density at radius 3 is 2.60 bits per heavy atom. The van der Waals surface area contributed by atoms with Crippen LogP contribution in [0.2, 0.25) is 0 Å². The molecule has 0 bridgehead atoms. The largest absolute Gasteiger partial charge is 0.351 e. The molecule has 0 spiro atoms. The van der Waals surface area contributed by atoms with Crippen molar-refractivity contribution in [3.05, 3.63) is 52.4 Å². The van der Waals surface area contributed by atoms with Crippen LogP contribution in [0.15, 0.2) is 41.2 Å². The minimum atomic E-state index is -0.0203. The number of aromatic nitrogens is 4. The monoisotopic (exact) mass is 336 g/mol. The maximum absolute atomic E-state index is 12.6. The first-order valence-electron chi connectivity index (χ1n) is 8.28. The molecule has 0 unspecified atom stereocenters. The smallest absolute Gasteiger partial charge is 0.262 e. The molecule has 3 aromatic rings. The number of hydrogen-bond donors (Lipinski definition) is 0. The molecule has 128 valence electrons. The second-order valence-electron chi connectivity index (χ2n) is 6.50. The average molecular weight is 336 g/mol. The number of likely N-dealkylation sites (N-methyl/N-ethyl adjacent to an activating group) is 1. The van der Waals surface area contributed by atoms with E-state index in [1.165, 1.54) is 0 Å². The van der Waals surface area contributed by atoms with Crippen molar-refractivity contribution < 1.29 is 0 Å². The molecule has 1 fully saturated rings. The Hall–Kier alpha value is -2.96. The summed E-state index contributed by atoms with van der Waals surface area (Å²) in [7, 11) is 3.76. The van der Waals surface area contributed by atoms with Gasteiger partial charge >= 0.3 is 0 Å². The summed E-state index contributed by atoms with van der Waals surface area (Å²) < 4.78 is 1.62. The third-order valence-electron chi connectivity index (χ3n) is 4.79. The molecule has 0 saturated carbocycles. The predicted molar refractivity (Wildman–Crippen MR) is 98.2 cm³/mol. The number of benzene rings is 1. The van der Waals surface area contributed by atoms with Gasteiger partial charge in [-0.3, -0.25) is 9.36 Å². The Balaban J connectivity index is 1.57. The lowest BCUT2D eigenvalue weighted by molar-refractivity contribution is 0.479. The Labute approximate surface area is 145 Å². The zero-order valence-corrected chi connectivity index (χ0v) is 14.5. The summed E-state index contributed by atoms with van der Waals surface area (Å²) in [5, 5.41) is 8.98. The van der Waals surface area contributed by atoms with Crippen molar-refractivity contribution in [2.75, 3.05) is 29.9 Å². The van der Waals surface area contributed by atoms with Crippen LogP contribution >= 0.6 is 0 Å². The molecular weight excluding hydrogens is 316 g/mol. The van der Waals surface area contributed by atoms with Crippen molar-refractivity contribution >= 4 is 22.7 Å². The average Bonchev–Trinajstić information content (AvgIpc) is 2.58. The summed E-state index contributed by atoms with van der Waals surface area (Å²) in [6, 6.07) is 11.7. The van der Waals surface area contributed by atoms with Gasteiger partial charge in [0.25, 0.3) is 5.56 Å². The van der Waals surface area contributed by atoms with E-state index in [1.807, 2.05) is 50.4 Å². The van der Waals surface area contributed by atoms with Crippen molar-refractivity contribution in [2.45, 2.75) is 13.0 Å². The number of aryl methyl sites for hydroxylation is 1. The quantitative estimate of drug-likeness (QED) is 0.719. The predicted octanol–water partition coefficient (Wildman–Crippen LogP) is 1.36. The Kier molecular flexibility index (Phi) is 3.63. The molecular formula is C18H20N6O. The number of nitrogens with zero attached hydrogens (tertiary/aromatic N) is 6. The molecule has 0 aliphatic carbocycles. The fourth-order valence-electron chi connectivity index (χ4n) is 3.13. The van der Waals surface area contributed by atoms with Crippen LogP contribution in [0.3, 0.4) is 0 Å². The first-order valence-corrected chi connectivity index (χ1v) is 8.28. The van der Waals surface area contributed by atoms with Crippen LogP contribution in [0.25, 0.3) is 10.9 Å². The van der Waals surface area contributed by atoms with Gasteiger partial charge in [0.1, 0.15) is 0 Å². The highest BCUT2D eigenvalue weighted by Gasteiger charge is 2.32. The van der Waals surface area contributed by atoms with Gasteiger partial charge in [-0.2, -0.15) is 5.10 Å². The fourth-order valence-corrected chi connectivity index (χ4v) is 3.13. The van der Waals surface area contributed by atoms with Crippen LogP contribution in [0, 0.1) is 6.92 Å². The summed E-state index contributed by atoms with van der Waals surface area (Å²) in [4.78, 5) is 21.5. The third-order valence-corrected chi connectivity index (χ3v) is 4.79. The standard InChI is InChI=1S/C18H20N6O/c1-12-8-9-16(21-20-12)24-10-13(11-24)22(2)18-19-15-7-5-4-6-14(15)17(25)23(18)3/h4-9,13H,10-11H2,1-3H3. The highest BCUT2D eigenvalue weighted by atomic mass is 16.1. The van der Waals surface area contributed by atoms with Crippen LogP contribution in [-0.2, 0) is 7.05 Å². The molecule has 1 aliphatic rings. The van der Waals surface area contributed by atoms with E-state index in [-0.39, 0.29) is 11.6 Å². The number of para-hydroxylation sites is 1. The summed E-state index contributed by atoms with van der Waals surface area (Å²) >= 11 is 0. The second-order valence-corrected chi connectivity index (χ2v) is 6.50. The van der Waals surface area contributed by atoms with Crippen molar-refractivity contribution in [3.8, 4) is 0 Å². The zero-order valence-electron chi connectivity index (χ0n) is 14.5. The molecule has 4 rings (SSSR count). The lowest BCUT2D eigenvalue weighted by atomic mass is 10.1. The molecule has 0 atom stereocenters. The number of hydrogen-bond acceptors (Lipinski definition) is 6. The lowest BCUT2D eigenvalue weighted by Gasteiger charge is -2.44. The first kappa shape index (κ1) is 15.6. The molecule has 1 aliphatic heterocycles. The summed E-state index contributed by atoms with van der Waals surface area (Å²) in [6.45, 7) is 3.59. The lowest BCUT2D eigenvalue weighted by Crippen LogP contribution is -2.59. The highest BCUT2D eigenvalue weighted by Crippen LogP contribution is 2.24. The molecule has 0 N–H and O–H groups in total. The molecule has 2 aromatic heterocycles. The first-order chi connectivity index (χ1) is 12.0. The molecule has 0 amide bonds. The summed E-state index contributed by atoms with van der Waals surface area (Å²) in [6.07, 6.45) is 0. The Bertz CT molecular complexity index is 975. The SMILES string of the molecule is Cc1ccc(N2CC(N(C)c3nc4ccccc4c(=O)n3C)C2)nn1. The van der Waals surface area contributed by atoms with E-state index in [1.54, 1.807) is 11.6 Å². The number of anilines is 2. The number of rotatable bonds is 3. The van der Waals surface area contributed by atoms with Crippen LogP contribution in [-0.4, -0.2) is 45.9 Å². The Morgan fingerprint density at radius 1 is 1.12 bits per heavy atom. The van der Waals surface area contributed by atoms with Crippen LogP contribution in [0.1, 0.15) is 5.69 Å². The number of fused-ring (bicyclic) bond motifs is 1. The molecule has 7 heteroatoms. The van der Waals surface area contributed by atoms with Gasteiger partial charge in [-0.05, 0) is 31.2 Å². The summed E-state index contributed by atoms with van der Waals surface area (Å²) in [5.74, 6) is 1.57. The third kappa shape index (κ3) is 2.61. The maximum atomic E-state index is 12.6. The van der Waals surface area contributed by atoms with Crippen molar-refractivity contribution in [3.63, 3.8) is 0 Å². The molecule has 25 heavy (non-hydrogen) atoms. The minimum Gasteiger partial charge on any atom is -0.351 e. The van der Waals surface area contributed by atoms with Crippen molar-refractivity contribution in [1.82, 2.24) is 19.7 Å². The minimum absolute atomic E-state index is 0.0203. The van der Waals surface area contributed by atoms with Gasteiger partial charge in [-0.1, -0.05) is 12.1 Å². The van der Waals surface area contributed by atoms with Crippen molar-refractivity contribution in [2.24, 2.45) is 7.05 Å². The normalized spacial score (nSPS) is 14.6. The fraction of sp³-hybridized carbons (Fsp3) is 0.333. The topological polar surface area (TPSA) is 67.2 Å². The van der Waals surface area contributed by atoms with Crippen LogP contribution in [0.4, 0.5) is 11.8 Å². The van der Waals surface area contributed by atoms with Gasteiger partial charge in [-0.15, -0.1) is 5.10 Å². The molecule has 7 nitrogen and oxygen atoms in total. The van der Waals surface area contributed by atoms with E-state index < -0.39 is 0 Å². The van der Waals surface area contributed by atoms with Gasteiger partial charge < -0.3 is 9.80 Å². The van der Waals surface area contributed by atoms with Crippen LogP contribution < -0.4 is 15.4 Å². The van der Waals surface area contributed by atoms with Crippen molar-refractivity contribution in [1.29, 1.82) is 0 Å². The summed E-state index contributed by atoms with van der Waals surface area (Å²) in [5.41, 5.74) is 1.62. The van der Waals surface area contributed by atoms with E-state index in [2.05, 4.69) is 20.0 Å². The van der Waals surface area contributed by atoms with Gasteiger partial charge in [0, 0.05) is 27.2 Å². The van der Waals surface area contributed by atoms with Gasteiger partial charge in [0.15, 0.2) is 5.82 Å². The molecule has 3 heterocycles. The van der Waals surface area contributed by atoms with Gasteiger partial charge in [0.2, 0.25) is 5.95 Å². The van der Waals surface area contributed by atoms with E-state index in [4.69, 9.17) is 4.98 Å². The molecule has 1 saturated heterocycles. The highest BCUT2D eigenvalue weighted by molar-refractivity contribution is 5.78. The second kappa shape index (κ2) is 5.84. The zero-order chi connectivity index (χ0) is 17.6. The van der Waals surface area contributed by atoms with E-state index in [0.717, 1.165) is 30.1 Å². The van der Waals surface area contributed by atoms with Gasteiger partial charge in [0.05, 0.1) is 22.6 Å².